The molecule has 0 aliphatic heterocycles. The molecule has 0 atom stereocenters. The molecule has 166 valence electrons. The van der Waals surface area contributed by atoms with Gasteiger partial charge in [-0.1, -0.05) is 50.2 Å². The highest BCUT2D eigenvalue weighted by Gasteiger charge is 2.11. The van der Waals surface area contributed by atoms with Crippen LogP contribution >= 0.6 is 23.1 Å². The zero-order chi connectivity index (χ0) is 23.2. The molecule has 0 unspecified atom stereocenters. The lowest BCUT2D eigenvalue weighted by molar-refractivity contribution is -0.115. The van der Waals surface area contributed by atoms with Gasteiger partial charge in [-0.2, -0.15) is 5.26 Å². The number of benzene rings is 2. The molecule has 0 radical (unpaired) electrons. The number of nitrogens with one attached hydrogen (secondary N) is 1. The number of hydrogen-bond acceptors (Lipinski definition) is 6. The molecule has 2 heterocycles. The van der Waals surface area contributed by atoms with Gasteiger partial charge in [-0.15, -0.1) is 23.1 Å². The van der Waals surface area contributed by atoms with Gasteiger partial charge in [0.25, 0.3) is 0 Å². The summed E-state index contributed by atoms with van der Waals surface area (Å²) < 4.78 is 0. The van der Waals surface area contributed by atoms with E-state index in [9.17, 15) is 10.1 Å². The number of amides is 1. The number of aromatic nitrogens is 2. The maximum atomic E-state index is 12.4. The van der Waals surface area contributed by atoms with Crippen molar-refractivity contribution in [3.8, 4) is 17.3 Å². The maximum Gasteiger partial charge on any atom is 0.226 e. The quantitative estimate of drug-likeness (QED) is 0.294. The van der Waals surface area contributed by atoms with Crippen molar-refractivity contribution >= 4 is 44.9 Å². The number of thiazole rings is 1. The highest BCUT2D eigenvalue weighted by atomic mass is 32.2. The second kappa shape index (κ2) is 10.6. The first kappa shape index (κ1) is 23.0. The molecule has 0 aliphatic carbocycles. The van der Waals surface area contributed by atoms with E-state index in [1.54, 1.807) is 0 Å². The minimum Gasteiger partial charge on any atom is -0.302 e. The van der Waals surface area contributed by atoms with Gasteiger partial charge in [0.2, 0.25) is 5.91 Å². The second-order valence-electron chi connectivity index (χ2n) is 8.11. The molecular weight excluding hydrogens is 448 g/mol. The van der Waals surface area contributed by atoms with Crippen molar-refractivity contribution in [1.82, 2.24) is 9.97 Å². The van der Waals surface area contributed by atoms with Gasteiger partial charge >= 0.3 is 0 Å². The van der Waals surface area contributed by atoms with Crippen LogP contribution in [0.4, 0.5) is 5.13 Å². The Balaban J connectivity index is 1.34. The zero-order valence-corrected chi connectivity index (χ0v) is 20.2. The molecule has 0 spiro atoms. The number of nitriles is 1. The molecule has 5 nitrogen and oxygen atoms in total. The van der Waals surface area contributed by atoms with Gasteiger partial charge in [0.05, 0.1) is 11.3 Å². The van der Waals surface area contributed by atoms with Crippen LogP contribution < -0.4 is 5.32 Å². The number of pyridine rings is 1. The van der Waals surface area contributed by atoms with Gasteiger partial charge in [0.15, 0.2) is 5.13 Å². The monoisotopic (exact) mass is 472 g/mol. The molecule has 0 saturated heterocycles. The van der Waals surface area contributed by atoms with E-state index < -0.39 is 0 Å². The third-order valence-electron chi connectivity index (χ3n) is 5.02. The van der Waals surface area contributed by atoms with Crippen LogP contribution in [0.1, 0.15) is 31.5 Å². The molecule has 1 amide bonds. The number of carbonyl (C=O) groups is 1. The smallest absolute Gasteiger partial charge is 0.226 e. The van der Waals surface area contributed by atoms with Crippen LogP contribution in [0.3, 0.4) is 0 Å². The molecule has 0 fully saturated rings. The largest absolute Gasteiger partial charge is 0.302 e. The van der Waals surface area contributed by atoms with E-state index in [2.05, 4.69) is 59.5 Å². The molecule has 0 bridgehead atoms. The lowest BCUT2D eigenvalue weighted by atomic mass is 10.1. The summed E-state index contributed by atoms with van der Waals surface area (Å²) in [6.07, 6.45) is 1.18. The van der Waals surface area contributed by atoms with Crippen molar-refractivity contribution in [2.75, 3.05) is 11.1 Å². The lowest BCUT2D eigenvalue weighted by Crippen LogP contribution is -2.12. The first-order valence-electron chi connectivity index (χ1n) is 10.8. The fourth-order valence-electron chi connectivity index (χ4n) is 3.44. The highest BCUT2D eigenvalue weighted by molar-refractivity contribution is 7.99. The summed E-state index contributed by atoms with van der Waals surface area (Å²) in [4.78, 5) is 21.7. The maximum absolute atomic E-state index is 12.4. The van der Waals surface area contributed by atoms with Crippen molar-refractivity contribution in [3.63, 3.8) is 0 Å². The fraction of sp³-hybridized carbons (Fsp3) is 0.231. The van der Waals surface area contributed by atoms with Gasteiger partial charge < -0.3 is 5.32 Å². The minimum absolute atomic E-state index is 0.0984. The standard InChI is InChI=1S/C26H24N4OS2/c1-17(2)13-22-10-9-21(15-27)25(28-22)32-12-11-24(31)30-26-29-23(16-33-26)20-8-7-18-5-3-4-6-19(18)14-20/h3-10,14,16-17H,11-13H2,1-2H3,(H,29,30,31). The van der Waals surface area contributed by atoms with E-state index in [1.807, 2.05) is 35.7 Å². The average Bonchev–Trinajstić information content (AvgIpc) is 3.27. The number of anilines is 1. The summed E-state index contributed by atoms with van der Waals surface area (Å²) in [5.41, 5.74) is 3.39. The van der Waals surface area contributed by atoms with E-state index in [-0.39, 0.29) is 5.91 Å². The first-order valence-corrected chi connectivity index (χ1v) is 12.7. The van der Waals surface area contributed by atoms with Gasteiger partial charge in [0.1, 0.15) is 11.1 Å². The number of hydrogen-bond donors (Lipinski definition) is 1. The fourth-order valence-corrected chi connectivity index (χ4v) is 5.11. The summed E-state index contributed by atoms with van der Waals surface area (Å²) in [7, 11) is 0. The second-order valence-corrected chi connectivity index (χ2v) is 10.1. The Labute approximate surface area is 201 Å². The van der Waals surface area contributed by atoms with Crippen LogP contribution in [-0.4, -0.2) is 21.6 Å². The zero-order valence-electron chi connectivity index (χ0n) is 18.5. The van der Waals surface area contributed by atoms with Crippen molar-refractivity contribution in [1.29, 1.82) is 5.26 Å². The van der Waals surface area contributed by atoms with Gasteiger partial charge in [-0.25, -0.2) is 9.97 Å². The Morgan fingerprint density at radius 3 is 2.73 bits per heavy atom. The molecule has 33 heavy (non-hydrogen) atoms. The number of fused-ring (bicyclic) bond motifs is 1. The van der Waals surface area contributed by atoms with Gasteiger partial charge in [-0.3, -0.25) is 4.79 Å². The topological polar surface area (TPSA) is 78.7 Å². The van der Waals surface area contributed by atoms with Gasteiger partial charge in [-0.05, 0) is 41.3 Å². The molecule has 2 aromatic heterocycles. The number of nitrogens with zero attached hydrogens (tertiary/aromatic N) is 3. The summed E-state index contributed by atoms with van der Waals surface area (Å²) in [6.45, 7) is 4.28. The minimum atomic E-state index is -0.0984. The molecular formula is C26H24N4OS2. The van der Waals surface area contributed by atoms with E-state index in [1.165, 1.54) is 28.5 Å². The van der Waals surface area contributed by atoms with Crippen LogP contribution in [0.5, 0.6) is 0 Å². The Bertz CT molecular complexity index is 1320. The summed E-state index contributed by atoms with van der Waals surface area (Å²) in [6, 6.07) is 20.4. The molecule has 0 saturated carbocycles. The number of carbonyl (C=O) groups excluding carboxylic acids is 1. The normalized spacial score (nSPS) is 11.0. The van der Waals surface area contributed by atoms with Crippen molar-refractivity contribution in [3.05, 3.63) is 71.2 Å². The van der Waals surface area contributed by atoms with E-state index in [4.69, 9.17) is 0 Å². The van der Waals surface area contributed by atoms with E-state index in [0.717, 1.165) is 28.8 Å². The number of thioether (sulfide) groups is 1. The molecule has 2 aromatic carbocycles. The Morgan fingerprint density at radius 2 is 1.94 bits per heavy atom. The van der Waals surface area contributed by atoms with Crippen LogP contribution in [0.25, 0.3) is 22.0 Å². The van der Waals surface area contributed by atoms with Gasteiger partial charge in [0, 0.05) is 28.8 Å². The first-order chi connectivity index (χ1) is 16.0. The Hall–Kier alpha value is -3.21. The predicted octanol–water partition coefficient (Wildman–Crippen LogP) is 6.55. The Morgan fingerprint density at radius 1 is 1.12 bits per heavy atom. The summed E-state index contributed by atoms with van der Waals surface area (Å²) in [5, 5.41) is 17.8. The third kappa shape index (κ3) is 5.98. The molecule has 7 heteroatoms. The predicted molar refractivity (Wildman–Crippen MR) is 137 cm³/mol. The third-order valence-corrected chi connectivity index (χ3v) is 6.77. The van der Waals surface area contributed by atoms with Crippen molar-refractivity contribution in [2.24, 2.45) is 5.92 Å². The summed E-state index contributed by atoms with van der Waals surface area (Å²) >= 11 is 2.86. The molecule has 4 aromatic rings. The molecule has 0 aliphatic rings. The Kier molecular flexibility index (Phi) is 7.38. The molecule has 4 rings (SSSR count). The average molecular weight is 473 g/mol. The SMILES string of the molecule is CC(C)Cc1ccc(C#N)c(SCCC(=O)Nc2nc(-c3ccc4ccccc4c3)cs2)n1. The lowest BCUT2D eigenvalue weighted by Gasteiger charge is -2.08. The summed E-state index contributed by atoms with van der Waals surface area (Å²) in [5.74, 6) is 0.937. The van der Waals surface area contributed by atoms with Crippen LogP contribution in [0.2, 0.25) is 0 Å². The number of rotatable bonds is 8. The van der Waals surface area contributed by atoms with Crippen LogP contribution in [0, 0.1) is 17.2 Å². The highest BCUT2D eigenvalue weighted by Crippen LogP contribution is 2.28. The van der Waals surface area contributed by atoms with Crippen molar-refractivity contribution < 1.29 is 4.79 Å². The van der Waals surface area contributed by atoms with Crippen LogP contribution in [-0.2, 0) is 11.2 Å². The van der Waals surface area contributed by atoms with Crippen molar-refractivity contribution in [2.45, 2.75) is 31.7 Å². The van der Waals surface area contributed by atoms with Crippen LogP contribution in [0.15, 0.2) is 65.0 Å². The molecule has 1 N–H and O–H groups in total. The van der Waals surface area contributed by atoms with E-state index in [0.29, 0.717) is 33.8 Å². The van der Waals surface area contributed by atoms with E-state index >= 15 is 0 Å².